The van der Waals surface area contributed by atoms with Crippen LogP contribution < -0.4 is 10.1 Å². The van der Waals surface area contributed by atoms with E-state index in [9.17, 15) is 9.59 Å². The second-order valence-corrected chi connectivity index (χ2v) is 6.45. The van der Waals surface area contributed by atoms with Crippen molar-refractivity contribution in [2.45, 2.75) is 33.7 Å². The van der Waals surface area contributed by atoms with Crippen molar-refractivity contribution in [3.05, 3.63) is 65.2 Å². The quantitative estimate of drug-likeness (QED) is 0.732. The average molecular weight is 339 g/mol. The van der Waals surface area contributed by atoms with Gasteiger partial charge in [0.05, 0.1) is 6.61 Å². The summed E-state index contributed by atoms with van der Waals surface area (Å²) in [5, 5.41) is 2.90. The molecule has 2 aromatic rings. The third-order valence-corrected chi connectivity index (χ3v) is 3.92. The van der Waals surface area contributed by atoms with E-state index in [0.717, 1.165) is 17.7 Å². The number of carbonyl (C=O) groups is 2. The van der Waals surface area contributed by atoms with Crippen molar-refractivity contribution in [3.8, 4) is 5.75 Å². The van der Waals surface area contributed by atoms with E-state index in [1.807, 2.05) is 24.3 Å². The van der Waals surface area contributed by atoms with Crippen LogP contribution in [0.4, 0.5) is 0 Å². The summed E-state index contributed by atoms with van der Waals surface area (Å²) in [7, 11) is 0. The molecule has 0 saturated heterocycles. The maximum absolute atomic E-state index is 12.3. The van der Waals surface area contributed by atoms with Crippen LogP contribution in [-0.4, -0.2) is 18.3 Å². The molecule has 0 aliphatic carbocycles. The first-order valence-electron chi connectivity index (χ1n) is 8.57. The monoisotopic (exact) mass is 339 g/mol. The van der Waals surface area contributed by atoms with Crippen molar-refractivity contribution in [1.29, 1.82) is 0 Å². The van der Waals surface area contributed by atoms with Crippen molar-refractivity contribution in [2.75, 3.05) is 6.61 Å². The summed E-state index contributed by atoms with van der Waals surface area (Å²) in [5.41, 5.74) is 2.07. The Morgan fingerprint density at radius 2 is 1.64 bits per heavy atom. The molecule has 132 valence electrons. The third-order valence-electron chi connectivity index (χ3n) is 3.92. The number of para-hydroxylation sites is 1. The van der Waals surface area contributed by atoms with E-state index in [0.29, 0.717) is 30.2 Å². The number of ether oxygens (including phenoxy) is 1. The van der Waals surface area contributed by atoms with Crippen LogP contribution in [0.25, 0.3) is 0 Å². The second kappa shape index (κ2) is 9.02. The first kappa shape index (κ1) is 18.7. The van der Waals surface area contributed by atoms with Crippen molar-refractivity contribution in [3.63, 3.8) is 0 Å². The second-order valence-electron chi connectivity index (χ2n) is 6.45. The maximum Gasteiger partial charge on any atom is 0.251 e. The molecule has 1 amide bonds. The van der Waals surface area contributed by atoms with Crippen LogP contribution >= 0.6 is 0 Å². The number of carbonyl (C=O) groups excluding carboxylic acids is 2. The standard InChI is InChI=1S/C21H25NO3/c1-15(2)12-13-25-20-7-5-4-6-19(20)14-22-21(24)18-10-8-17(9-11-18)16(3)23/h4-11,15H,12-14H2,1-3H3,(H,22,24). The molecule has 0 aliphatic heterocycles. The van der Waals surface area contributed by atoms with Gasteiger partial charge in [-0.25, -0.2) is 0 Å². The fourth-order valence-corrected chi connectivity index (χ4v) is 2.33. The molecular weight excluding hydrogens is 314 g/mol. The lowest BCUT2D eigenvalue weighted by Crippen LogP contribution is -2.23. The Balaban J connectivity index is 1.96. The number of benzene rings is 2. The van der Waals surface area contributed by atoms with Gasteiger partial charge in [-0.3, -0.25) is 9.59 Å². The summed E-state index contributed by atoms with van der Waals surface area (Å²) < 4.78 is 5.84. The van der Waals surface area contributed by atoms with Crippen molar-refractivity contribution in [1.82, 2.24) is 5.32 Å². The Morgan fingerprint density at radius 3 is 2.28 bits per heavy atom. The molecule has 2 aromatic carbocycles. The van der Waals surface area contributed by atoms with Crippen molar-refractivity contribution in [2.24, 2.45) is 5.92 Å². The van der Waals surface area contributed by atoms with Crippen LogP contribution in [0.15, 0.2) is 48.5 Å². The molecule has 0 aliphatic rings. The molecule has 0 atom stereocenters. The molecule has 0 radical (unpaired) electrons. The molecule has 0 aromatic heterocycles. The molecule has 25 heavy (non-hydrogen) atoms. The summed E-state index contributed by atoms with van der Waals surface area (Å²) >= 11 is 0. The normalized spacial score (nSPS) is 10.6. The van der Waals surface area contributed by atoms with Gasteiger partial charge in [0.25, 0.3) is 5.91 Å². The highest BCUT2D eigenvalue weighted by atomic mass is 16.5. The van der Waals surface area contributed by atoms with Gasteiger partial charge in [0, 0.05) is 23.2 Å². The molecule has 0 saturated carbocycles. The van der Waals surface area contributed by atoms with Gasteiger partial charge in [-0.05, 0) is 37.5 Å². The Morgan fingerprint density at radius 1 is 1.00 bits per heavy atom. The van der Waals surface area contributed by atoms with Crippen molar-refractivity contribution >= 4 is 11.7 Å². The van der Waals surface area contributed by atoms with Crippen LogP contribution in [0.1, 0.15) is 53.5 Å². The number of ketones is 1. The van der Waals surface area contributed by atoms with E-state index >= 15 is 0 Å². The maximum atomic E-state index is 12.3. The SMILES string of the molecule is CC(=O)c1ccc(C(=O)NCc2ccccc2OCCC(C)C)cc1. The summed E-state index contributed by atoms with van der Waals surface area (Å²) in [5.74, 6) is 1.20. The number of nitrogens with one attached hydrogen (secondary N) is 1. The van der Waals surface area contributed by atoms with E-state index < -0.39 is 0 Å². The van der Waals surface area contributed by atoms with Gasteiger partial charge < -0.3 is 10.1 Å². The van der Waals surface area contributed by atoms with Gasteiger partial charge in [0.15, 0.2) is 5.78 Å². The highest BCUT2D eigenvalue weighted by molar-refractivity contribution is 5.97. The minimum atomic E-state index is -0.174. The largest absolute Gasteiger partial charge is 0.493 e. The minimum absolute atomic E-state index is 0.0144. The molecule has 0 fully saturated rings. The first-order valence-corrected chi connectivity index (χ1v) is 8.57. The number of rotatable bonds is 8. The summed E-state index contributed by atoms with van der Waals surface area (Å²) in [6.45, 7) is 6.88. The molecular formula is C21H25NO3. The zero-order valence-electron chi connectivity index (χ0n) is 15.0. The number of amides is 1. The predicted molar refractivity (Wildman–Crippen MR) is 99.0 cm³/mol. The van der Waals surface area contributed by atoms with Crippen LogP contribution in [0.2, 0.25) is 0 Å². The van der Waals surface area contributed by atoms with Crippen LogP contribution in [0, 0.1) is 5.92 Å². The van der Waals surface area contributed by atoms with Gasteiger partial charge in [-0.1, -0.05) is 44.2 Å². The Kier molecular flexibility index (Phi) is 6.75. The van der Waals surface area contributed by atoms with E-state index in [1.54, 1.807) is 24.3 Å². The molecule has 0 bridgehead atoms. The topological polar surface area (TPSA) is 55.4 Å². The lowest BCUT2D eigenvalue weighted by atomic mass is 10.1. The first-order chi connectivity index (χ1) is 12.0. The van der Waals surface area contributed by atoms with Gasteiger partial charge in [0.2, 0.25) is 0 Å². The Hall–Kier alpha value is -2.62. The van der Waals surface area contributed by atoms with E-state index in [-0.39, 0.29) is 11.7 Å². The molecule has 4 heteroatoms. The predicted octanol–water partition coefficient (Wildman–Crippen LogP) is 4.24. The molecule has 0 heterocycles. The zero-order chi connectivity index (χ0) is 18.2. The van der Waals surface area contributed by atoms with Gasteiger partial charge in [-0.15, -0.1) is 0 Å². The fourth-order valence-electron chi connectivity index (χ4n) is 2.33. The number of Topliss-reactive ketones (excluding diaryl/α,β-unsaturated/α-hetero) is 1. The van der Waals surface area contributed by atoms with Gasteiger partial charge in [-0.2, -0.15) is 0 Å². The third kappa shape index (κ3) is 5.75. The minimum Gasteiger partial charge on any atom is -0.493 e. The number of hydrogen-bond donors (Lipinski definition) is 1. The molecule has 4 nitrogen and oxygen atoms in total. The Bertz CT molecular complexity index is 720. The van der Waals surface area contributed by atoms with Crippen LogP contribution in [0.3, 0.4) is 0 Å². The van der Waals surface area contributed by atoms with E-state index in [1.165, 1.54) is 6.92 Å². The van der Waals surface area contributed by atoms with E-state index in [4.69, 9.17) is 4.74 Å². The molecule has 0 spiro atoms. The van der Waals surface area contributed by atoms with Crippen molar-refractivity contribution < 1.29 is 14.3 Å². The molecule has 0 unspecified atom stereocenters. The molecule has 1 N–H and O–H groups in total. The Labute approximate surface area is 149 Å². The van der Waals surface area contributed by atoms with Gasteiger partial charge in [0.1, 0.15) is 5.75 Å². The van der Waals surface area contributed by atoms with Gasteiger partial charge >= 0.3 is 0 Å². The molecule has 2 rings (SSSR count). The zero-order valence-corrected chi connectivity index (χ0v) is 15.0. The van der Waals surface area contributed by atoms with Crippen LogP contribution in [-0.2, 0) is 6.54 Å². The highest BCUT2D eigenvalue weighted by Gasteiger charge is 2.09. The lowest BCUT2D eigenvalue weighted by molar-refractivity contribution is 0.0948. The lowest BCUT2D eigenvalue weighted by Gasteiger charge is -2.13. The summed E-state index contributed by atoms with van der Waals surface area (Å²) in [4.78, 5) is 23.6. The highest BCUT2D eigenvalue weighted by Crippen LogP contribution is 2.18. The summed E-state index contributed by atoms with van der Waals surface area (Å²) in [6.07, 6.45) is 0.989. The number of hydrogen-bond acceptors (Lipinski definition) is 3. The fraction of sp³-hybridized carbons (Fsp3) is 0.333. The average Bonchev–Trinajstić information content (AvgIpc) is 2.60. The summed E-state index contributed by atoms with van der Waals surface area (Å²) in [6, 6.07) is 14.4. The van der Waals surface area contributed by atoms with E-state index in [2.05, 4.69) is 19.2 Å². The van der Waals surface area contributed by atoms with Crippen LogP contribution in [0.5, 0.6) is 5.75 Å². The smallest absolute Gasteiger partial charge is 0.251 e.